The largest absolute Gasteiger partial charge is 0.490 e. The van der Waals surface area contributed by atoms with Crippen molar-refractivity contribution >= 4 is 15.7 Å². The molecular weight excluding hydrogens is 288 g/mol. The molecule has 21 heavy (non-hydrogen) atoms. The molecule has 0 atom stereocenters. The zero-order valence-electron chi connectivity index (χ0n) is 13.0. The van der Waals surface area contributed by atoms with Crippen molar-refractivity contribution in [3.05, 3.63) is 18.2 Å². The van der Waals surface area contributed by atoms with Crippen LogP contribution >= 0.6 is 0 Å². The Morgan fingerprint density at radius 3 is 2.76 bits per heavy atom. The normalized spacial score (nSPS) is 15.0. The number of hydrogen-bond acceptors (Lipinski definition) is 4. The monoisotopic (exact) mass is 312 g/mol. The summed E-state index contributed by atoms with van der Waals surface area (Å²) >= 11 is 0. The predicted molar refractivity (Wildman–Crippen MR) is 84.5 cm³/mol. The SMILES string of the molecule is CCCCN(CC)S(=O)(=O)c1ccc2c(c1)N(C)CCO2. The second-order valence-electron chi connectivity index (χ2n) is 5.25. The highest BCUT2D eigenvalue weighted by molar-refractivity contribution is 7.89. The molecule has 0 aliphatic carbocycles. The van der Waals surface area contributed by atoms with Crippen LogP contribution < -0.4 is 9.64 Å². The smallest absolute Gasteiger partial charge is 0.243 e. The zero-order chi connectivity index (χ0) is 15.5. The molecule has 1 aromatic carbocycles. The number of benzene rings is 1. The Morgan fingerprint density at radius 1 is 1.33 bits per heavy atom. The highest BCUT2D eigenvalue weighted by atomic mass is 32.2. The number of unbranched alkanes of at least 4 members (excludes halogenated alkanes) is 1. The maximum absolute atomic E-state index is 12.7. The summed E-state index contributed by atoms with van der Waals surface area (Å²) in [7, 11) is -1.48. The molecule has 1 aliphatic heterocycles. The van der Waals surface area contributed by atoms with Crippen molar-refractivity contribution in [3.8, 4) is 5.75 Å². The van der Waals surface area contributed by atoms with Crippen LogP contribution in [0.3, 0.4) is 0 Å². The molecule has 0 amide bonds. The minimum atomic E-state index is -3.43. The number of ether oxygens (including phenoxy) is 1. The summed E-state index contributed by atoms with van der Waals surface area (Å²) in [5.74, 6) is 0.749. The number of fused-ring (bicyclic) bond motifs is 1. The fourth-order valence-corrected chi connectivity index (χ4v) is 3.93. The number of hydrogen-bond donors (Lipinski definition) is 0. The Labute approximate surface area is 127 Å². The number of nitrogens with zero attached hydrogens (tertiary/aromatic N) is 2. The van der Waals surface area contributed by atoms with Crippen LogP contribution in [0.5, 0.6) is 5.75 Å². The Hall–Kier alpha value is -1.27. The molecule has 118 valence electrons. The molecule has 0 saturated heterocycles. The quantitative estimate of drug-likeness (QED) is 0.809. The molecule has 0 aromatic heterocycles. The molecule has 0 spiro atoms. The van der Waals surface area contributed by atoms with Crippen LogP contribution in [0.15, 0.2) is 23.1 Å². The number of likely N-dealkylation sites (N-methyl/N-ethyl adjacent to an activating group) is 1. The number of sulfonamides is 1. The first-order chi connectivity index (χ1) is 10.0. The molecule has 0 saturated carbocycles. The van der Waals surface area contributed by atoms with Gasteiger partial charge in [0, 0.05) is 20.1 Å². The van der Waals surface area contributed by atoms with Gasteiger partial charge in [-0.05, 0) is 24.6 Å². The maximum atomic E-state index is 12.7. The minimum absolute atomic E-state index is 0.344. The lowest BCUT2D eigenvalue weighted by Gasteiger charge is -2.28. The second kappa shape index (κ2) is 6.66. The van der Waals surface area contributed by atoms with Crippen LogP contribution in [-0.4, -0.2) is 46.0 Å². The van der Waals surface area contributed by atoms with E-state index in [0.717, 1.165) is 30.8 Å². The molecule has 0 unspecified atom stereocenters. The third-order valence-corrected chi connectivity index (χ3v) is 5.75. The van der Waals surface area contributed by atoms with E-state index in [1.807, 2.05) is 18.9 Å². The van der Waals surface area contributed by atoms with E-state index in [1.54, 1.807) is 22.5 Å². The average molecular weight is 312 g/mol. The van der Waals surface area contributed by atoms with Crippen LogP contribution in [0.4, 0.5) is 5.69 Å². The molecule has 1 aliphatic rings. The molecule has 1 heterocycles. The van der Waals surface area contributed by atoms with Gasteiger partial charge in [0.1, 0.15) is 12.4 Å². The topological polar surface area (TPSA) is 49.9 Å². The Bertz CT molecular complexity index is 587. The third-order valence-electron chi connectivity index (χ3n) is 3.78. The van der Waals surface area contributed by atoms with Gasteiger partial charge in [-0.15, -0.1) is 0 Å². The molecule has 5 nitrogen and oxygen atoms in total. The summed E-state index contributed by atoms with van der Waals surface area (Å²) in [4.78, 5) is 2.37. The second-order valence-corrected chi connectivity index (χ2v) is 7.19. The first-order valence-corrected chi connectivity index (χ1v) is 8.92. The Kier molecular flexibility index (Phi) is 5.11. The van der Waals surface area contributed by atoms with Gasteiger partial charge < -0.3 is 9.64 Å². The van der Waals surface area contributed by atoms with E-state index in [2.05, 4.69) is 6.92 Å². The molecular formula is C15H24N2O3S. The molecule has 0 bridgehead atoms. The lowest BCUT2D eigenvalue weighted by Crippen LogP contribution is -2.33. The van der Waals surface area contributed by atoms with Gasteiger partial charge in [0.15, 0.2) is 0 Å². The lowest BCUT2D eigenvalue weighted by atomic mass is 10.2. The van der Waals surface area contributed by atoms with Crippen LogP contribution in [-0.2, 0) is 10.0 Å². The summed E-state index contributed by atoms with van der Waals surface area (Å²) in [5, 5.41) is 0. The van der Waals surface area contributed by atoms with E-state index in [-0.39, 0.29) is 0 Å². The van der Waals surface area contributed by atoms with Crippen molar-refractivity contribution in [1.82, 2.24) is 4.31 Å². The average Bonchev–Trinajstić information content (AvgIpc) is 2.48. The van der Waals surface area contributed by atoms with Crippen molar-refractivity contribution in [2.24, 2.45) is 0 Å². The van der Waals surface area contributed by atoms with E-state index < -0.39 is 10.0 Å². The minimum Gasteiger partial charge on any atom is -0.490 e. The lowest BCUT2D eigenvalue weighted by molar-refractivity contribution is 0.311. The first kappa shape index (κ1) is 16.1. The van der Waals surface area contributed by atoms with E-state index in [9.17, 15) is 8.42 Å². The Morgan fingerprint density at radius 2 is 2.10 bits per heavy atom. The molecule has 6 heteroatoms. The molecule has 0 radical (unpaired) electrons. The first-order valence-electron chi connectivity index (χ1n) is 7.48. The predicted octanol–water partition coefficient (Wildman–Crippen LogP) is 2.33. The van der Waals surface area contributed by atoms with Gasteiger partial charge in [-0.3, -0.25) is 0 Å². The van der Waals surface area contributed by atoms with Gasteiger partial charge in [0.2, 0.25) is 10.0 Å². The van der Waals surface area contributed by atoms with Crippen molar-refractivity contribution in [1.29, 1.82) is 0 Å². The summed E-state index contributed by atoms with van der Waals surface area (Å²) in [6.45, 7) is 6.40. The maximum Gasteiger partial charge on any atom is 0.243 e. The van der Waals surface area contributed by atoms with Crippen LogP contribution in [0, 0.1) is 0 Å². The van der Waals surface area contributed by atoms with Gasteiger partial charge in [0.25, 0.3) is 0 Å². The van der Waals surface area contributed by atoms with Crippen LogP contribution in [0.2, 0.25) is 0 Å². The van der Waals surface area contributed by atoms with Gasteiger partial charge >= 0.3 is 0 Å². The van der Waals surface area contributed by atoms with Gasteiger partial charge in [-0.1, -0.05) is 20.3 Å². The highest BCUT2D eigenvalue weighted by Gasteiger charge is 2.25. The summed E-state index contributed by atoms with van der Waals surface area (Å²) in [6.07, 6.45) is 1.85. The van der Waals surface area contributed by atoms with Gasteiger partial charge in [-0.25, -0.2) is 8.42 Å². The molecule has 0 N–H and O–H groups in total. The van der Waals surface area contributed by atoms with Crippen LogP contribution in [0.25, 0.3) is 0 Å². The van der Waals surface area contributed by atoms with Gasteiger partial charge in [0.05, 0.1) is 17.1 Å². The van der Waals surface area contributed by atoms with Crippen LogP contribution in [0.1, 0.15) is 26.7 Å². The van der Waals surface area contributed by atoms with Crippen molar-refractivity contribution < 1.29 is 13.2 Å². The number of rotatable bonds is 6. The van der Waals surface area contributed by atoms with Crippen molar-refractivity contribution in [2.75, 3.05) is 38.2 Å². The van der Waals surface area contributed by atoms with Crippen molar-refractivity contribution in [2.45, 2.75) is 31.6 Å². The molecule has 2 rings (SSSR count). The fraction of sp³-hybridized carbons (Fsp3) is 0.600. The fourth-order valence-electron chi connectivity index (χ4n) is 2.42. The van der Waals surface area contributed by atoms with E-state index in [1.165, 1.54) is 0 Å². The summed E-state index contributed by atoms with van der Waals surface area (Å²) in [5.41, 5.74) is 0.842. The van der Waals surface area contributed by atoms with E-state index in [4.69, 9.17) is 4.74 Å². The number of anilines is 1. The third kappa shape index (κ3) is 3.32. The van der Waals surface area contributed by atoms with E-state index >= 15 is 0 Å². The summed E-state index contributed by atoms with van der Waals surface area (Å²) in [6, 6.07) is 5.12. The summed E-state index contributed by atoms with van der Waals surface area (Å²) < 4.78 is 32.6. The Balaban J connectivity index is 2.33. The van der Waals surface area contributed by atoms with Gasteiger partial charge in [-0.2, -0.15) is 4.31 Å². The zero-order valence-corrected chi connectivity index (χ0v) is 13.8. The standard InChI is InChI=1S/C15H24N2O3S/c1-4-6-9-17(5-2)21(18,19)13-7-8-15-14(12-13)16(3)10-11-20-15/h7-8,12H,4-6,9-11H2,1-3H3. The van der Waals surface area contributed by atoms with E-state index in [0.29, 0.717) is 24.6 Å². The van der Waals surface area contributed by atoms with Crippen molar-refractivity contribution in [3.63, 3.8) is 0 Å². The molecule has 1 aromatic rings. The molecule has 0 fully saturated rings. The highest BCUT2D eigenvalue weighted by Crippen LogP contribution is 2.33.